The van der Waals surface area contributed by atoms with Crippen LogP contribution >= 0.6 is 0 Å². The van der Waals surface area contributed by atoms with Gasteiger partial charge in [0, 0.05) is 31.0 Å². The number of oxazole rings is 1. The second-order valence-electron chi connectivity index (χ2n) is 6.62. The molecule has 2 aromatic carbocycles. The third kappa shape index (κ3) is 3.94. The maximum atomic E-state index is 14.0. The van der Waals surface area contributed by atoms with Crippen molar-refractivity contribution in [3.63, 3.8) is 0 Å². The SMILES string of the molecule is COc1ccc(NC(=O)c2nc3cc(F)cc(C(=O)NCC4CCO4)c3o2)cc1F. The minimum Gasteiger partial charge on any atom is -0.494 e. The van der Waals surface area contributed by atoms with Crippen molar-refractivity contribution in [3.8, 4) is 5.75 Å². The summed E-state index contributed by atoms with van der Waals surface area (Å²) in [7, 11) is 1.32. The Bertz CT molecular complexity index is 1130. The topological polar surface area (TPSA) is 103 Å². The van der Waals surface area contributed by atoms with Crippen LogP contribution in [0.1, 0.15) is 27.5 Å². The molecule has 0 aliphatic carbocycles. The largest absolute Gasteiger partial charge is 0.494 e. The molecule has 2 amide bonds. The quantitative estimate of drug-likeness (QED) is 0.639. The number of halogens is 2. The smallest absolute Gasteiger partial charge is 0.311 e. The molecule has 3 aromatic rings. The Kier molecular flexibility index (Phi) is 5.32. The van der Waals surface area contributed by atoms with Crippen LogP contribution in [0.3, 0.4) is 0 Å². The molecule has 8 nitrogen and oxygen atoms in total. The van der Waals surface area contributed by atoms with Gasteiger partial charge in [0.2, 0.25) is 0 Å². The van der Waals surface area contributed by atoms with Crippen LogP contribution in [0, 0.1) is 11.6 Å². The van der Waals surface area contributed by atoms with Gasteiger partial charge in [-0.25, -0.2) is 13.8 Å². The Morgan fingerprint density at radius 1 is 1.23 bits per heavy atom. The van der Waals surface area contributed by atoms with Crippen molar-refractivity contribution in [2.75, 3.05) is 25.6 Å². The second kappa shape index (κ2) is 8.07. The molecule has 1 saturated heterocycles. The lowest BCUT2D eigenvalue weighted by Gasteiger charge is -2.26. The zero-order chi connectivity index (χ0) is 21.3. The van der Waals surface area contributed by atoms with Crippen molar-refractivity contribution >= 4 is 28.6 Å². The van der Waals surface area contributed by atoms with Crippen LogP contribution in [0.4, 0.5) is 14.5 Å². The van der Waals surface area contributed by atoms with Gasteiger partial charge >= 0.3 is 5.91 Å². The van der Waals surface area contributed by atoms with Crippen molar-refractivity contribution in [2.24, 2.45) is 0 Å². The number of fused-ring (bicyclic) bond motifs is 1. The maximum absolute atomic E-state index is 14.0. The first-order valence-electron chi connectivity index (χ1n) is 9.09. The van der Waals surface area contributed by atoms with Gasteiger partial charge in [0.25, 0.3) is 11.8 Å². The monoisotopic (exact) mass is 417 g/mol. The number of aromatic nitrogens is 1. The predicted molar refractivity (Wildman–Crippen MR) is 102 cm³/mol. The average Bonchev–Trinajstić information content (AvgIpc) is 3.10. The van der Waals surface area contributed by atoms with Crippen molar-refractivity contribution < 1.29 is 32.3 Å². The predicted octanol–water partition coefficient (Wildman–Crippen LogP) is 2.89. The zero-order valence-electron chi connectivity index (χ0n) is 15.8. The summed E-state index contributed by atoms with van der Waals surface area (Å²) >= 11 is 0. The molecule has 2 heterocycles. The fourth-order valence-corrected chi connectivity index (χ4v) is 2.94. The van der Waals surface area contributed by atoms with E-state index in [-0.39, 0.29) is 40.7 Å². The van der Waals surface area contributed by atoms with Gasteiger partial charge in [-0.05, 0) is 24.6 Å². The molecule has 1 atom stereocenters. The third-order valence-corrected chi connectivity index (χ3v) is 4.59. The number of nitrogens with zero attached hydrogens (tertiary/aromatic N) is 1. The number of nitrogens with one attached hydrogen (secondary N) is 2. The van der Waals surface area contributed by atoms with Gasteiger partial charge < -0.3 is 24.5 Å². The molecule has 30 heavy (non-hydrogen) atoms. The van der Waals surface area contributed by atoms with Crippen LogP contribution in [0.5, 0.6) is 5.75 Å². The first kappa shape index (κ1) is 19.8. The second-order valence-corrected chi connectivity index (χ2v) is 6.62. The highest BCUT2D eigenvalue weighted by Gasteiger charge is 2.23. The van der Waals surface area contributed by atoms with Gasteiger partial charge in [-0.2, -0.15) is 0 Å². The van der Waals surface area contributed by atoms with E-state index in [0.717, 1.165) is 24.6 Å². The van der Waals surface area contributed by atoms with E-state index in [0.29, 0.717) is 6.61 Å². The average molecular weight is 417 g/mol. The summed E-state index contributed by atoms with van der Waals surface area (Å²) < 4.78 is 43.3. The zero-order valence-corrected chi connectivity index (χ0v) is 15.8. The van der Waals surface area contributed by atoms with Gasteiger partial charge in [0.05, 0.1) is 18.8 Å². The number of amides is 2. The Balaban J connectivity index is 1.56. The highest BCUT2D eigenvalue weighted by atomic mass is 19.1. The lowest BCUT2D eigenvalue weighted by atomic mass is 10.1. The van der Waals surface area contributed by atoms with Crippen molar-refractivity contribution in [3.05, 3.63) is 53.4 Å². The van der Waals surface area contributed by atoms with Crippen molar-refractivity contribution in [2.45, 2.75) is 12.5 Å². The van der Waals surface area contributed by atoms with E-state index >= 15 is 0 Å². The normalized spacial score (nSPS) is 15.5. The molecule has 1 aliphatic heterocycles. The highest BCUT2D eigenvalue weighted by molar-refractivity contribution is 6.07. The minimum atomic E-state index is -0.787. The van der Waals surface area contributed by atoms with E-state index in [1.165, 1.54) is 19.2 Å². The van der Waals surface area contributed by atoms with E-state index in [4.69, 9.17) is 13.9 Å². The van der Waals surface area contributed by atoms with E-state index in [9.17, 15) is 18.4 Å². The van der Waals surface area contributed by atoms with Crippen molar-refractivity contribution in [1.29, 1.82) is 0 Å². The number of benzene rings is 2. The van der Waals surface area contributed by atoms with Crippen LogP contribution in [-0.4, -0.2) is 43.2 Å². The van der Waals surface area contributed by atoms with Crippen LogP contribution in [-0.2, 0) is 4.74 Å². The van der Waals surface area contributed by atoms with Crippen LogP contribution in [0.2, 0.25) is 0 Å². The lowest BCUT2D eigenvalue weighted by molar-refractivity contribution is -0.0472. The molecule has 1 aliphatic rings. The first-order chi connectivity index (χ1) is 14.4. The Labute approximate surface area is 169 Å². The number of rotatable bonds is 6. The summed E-state index contributed by atoms with van der Waals surface area (Å²) in [5.74, 6) is -3.11. The number of methoxy groups -OCH3 is 1. The third-order valence-electron chi connectivity index (χ3n) is 4.59. The number of hydrogen-bond acceptors (Lipinski definition) is 6. The molecule has 0 bridgehead atoms. The molecule has 4 rings (SSSR count). The number of anilines is 1. The standard InChI is InChI=1S/C20H17F2N3O5/c1-28-16-3-2-11(8-14(16)22)24-19(27)20-25-15-7-10(21)6-13(17(15)30-20)18(26)23-9-12-4-5-29-12/h2-3,6-8,12H,4-5,9H2,1H3,(H,23,26)(H,24,27). The molecule has 1 aromatic heterocycles. The van der Waals surface area contributed by atoms with E-state index in [1.54, 1.807) is 0 Å². The van der Waals surface area contributed by atoms with Gasteiger partial charge in [0.1, 0.15) is 11.3 Å². The van der Waals surface area contributed by atoms with Gasteiger partial charge in [-0.3, -0.25) is 9.59 Å². The molecule has 0 spiro atoms. The summed E-state index contributed by atoms with van der Waals surface area (Å²) in [5.41, 5.74) is 0.0251. The molecule has 10 heteroatoms. The van der Waals surface area contributed by atoms with Gasteiger partial charge in [0.15, 0.2) is 17.1 Å². The number of ether oxygens (including phenoxy) is 2. The highest BCUT2D eigenvalue weighted by Crippen LogP contribution is 2.24. The first-order valence-corrected chi connectivity index (χ1v) is 9.09. The molecule has 1 unspecified atom stereocenters. The molecular formula is C20H17F2N3O5. The molecule has 0 radical (unpaired) electrons. The molecule has 2 N–H and O–H groups in total. The summed E-state index contributed by atoms with van der Waals surface area (Å²) in [6.07, 6.45) is 0.760. The van der Waals surface area contributed by atoms with Crippen molar-refractivity contribution in [1.82, 2.24) is 10.3 Å². The van der Waals surface area contributed by atoms with Crippen LogP contribution in [0.25, 0.3) is 11.1 Å². The number of carbonyl (C=O) groups excluding carboxylic acids is 2. The summed E-state index contributed by atoms with van der Waals surface area (Å²) in [6, 6.07) is 5.91. The Hall–Kier alpha value is -3.53. The molecule has 1 fully saturated rings. The van der Waals surface area contributed by atoms with E-state index in [2.05, 4.69) is 15.6 Å². The van der Waals surface area contributed by atoms with Gasteiger partial charge in [-0.15, -0.1) is 0 Å². The molecule has 156 valence electrons. The Morgan fingerprint density at radius 2 is 2.03 bits per heavy atom. The van der Waals surface area contributed by atoms with E-state index in [1.807, 2.05) is 0 Å². The Morgan fingerprint density at radius 3 is 2.70 bits per heavy atom. The maximum Gasteiger partial charge on any atom is 0.311 e. The number of hydrogen-bond donors (Lipinski definition) is 2. The number of carbonyl (C=O) groups is 2. The van der Waals surface area contributed by atoms with Gasteiger partial charge in [-0.1, -0.05) is 0 Å². The van der Waals surface area contributed by atoms with E-state index < -0.39 is 29.3 Å². The summed E-state index contributed by atoms with van der Waals surface area (Å²) in [4.78, 5) is 28.8. The minimum absolute atomic E-state index is 0.00565. The molecular weight excluding hydrogens is 400 g/mol. The molecule has 0 saturated carbocycles. The van der Waals surface area contributed by atoms with Crippen LogP contribution in [0.15, 0.2) is 34.7 Å². The fraction of sp³-hybridized carbons (Fsp3) is 0.250. The fourth-order valence-electron chi connectivity index (χ4n) is 2.94. The summed E-state index contributed by atoms with van der Waals surface area (Å²) in [5, 5.41) is 5.07. The summed E-state index contributed by atoms with van der Waals surface area (Å²) in [6.45, 7) is 0.921. The lowest BCUT2D eigenvalue weighted by Crippen LogP contribution is -2.39. The van der Waals surface area contributed by atoms with Crippen LogP contribution < -0.4 is 15.4 Å².